The van der Waals surface area contributed by atoms with Crippen LogP contribution in [0.2, 0.25) is 0 Å². The van der Waals surface area contributed by atoms with Gasteiger partial charge in [0.25, 0.3) is 0 Å². The van der Waals surface area contributed by atoms with Gasteiger partial charge in [-0.25, -0.2) is 14.4 Å². The maximum absolute atomic E-state index is 13.3. The molecule has 0 aromatic heterocycles. The van der Waals surface area contributed by atoms with E-state index in [0.29, 0.717) is 11.3 Å². The van der Waals surface area contributed by atoms with Crippen molar-refractivity contribution in [1.29, 1.82) is 0 Å². The Balaban J connectivity index is 1.45. The molecule has 0 unspecified atom stereocenters. The molecule has 4 atom stereocenters. The predicted molar refractivity (Wildman–Crippen MR) is 171 cm³/mol. The van der Waals surface area contributed by atoms with Gasteiger partial charge in [0.1, 0.15) is 5.75 Å². The number of nitrogens with two attached hydrogens (primary N) is 1. The van der Waals surface area contributed by atoms with Crippen molar-refractivity contribution in [1.82, 2.24) is 5.43 Å². The number of hydrogen-bond acceptors (Lipinski definition) is 10. The number of benzene rings is 4. The zero-order chi connectivity index (χ0) is 32.3. The zero-order valence-corrected chi connectivity index (χ0v) is 25.1. The van der Waals surface area contributed by atoms with Gasteiger partial charge in [-0.05, 0) is 78.4 Å². The van der Waals surface area contributed by atoms with Gasteiger partial charge in [-0.1, -0.05) is 54.6 Å². The molecule has 46 heavy (non-hydrogen) atoms. The second-order valence-electron chi connectivity index (χ2n) is 9.90. The fourth-order valence-corrected chi connectivity index (χ4v) is 4.51. The van der Waals surface area contributed by atoms with Crippen LogP contribution in [0.5, 0.6) is 5.75 Å². The van der Waals surface area contributed by atoms with Crippen LogP contribution in [0.25, 0.3) is 0 Å². The highest BCUT2D eigenvalue weighted by Gasteiger charge is 2.49. The smallest absolute Gasteiger partial charge is 0.338 e. The molecule has 0 aliphatic carbocycles. The van der Waals surface area contributed by atoms with E-state index in [1.54, 1.807) is 115 Å². The van der Waals surface area contributed by atoms with E-state index in [-0.39, 0.29) is 28.4 Å². The van der Waals surface area contributed by atoms with Crippen LogP contribution in [-0.2, 0) is 18.9 Å². The molecule has 4 aromatic carbocycles. The molecule has 234 valence electrons. The molecule has 0 radical (unpaired) electrons. The third-order valence-corrected chi connectivity index (χ3v) is 6.77. The lowest BCUT2D eigenvalue weighted by molar-refractivity contribution is -0.241. The fraction of sp³-hybridized carbons (Fsp3) is 0.147. The van der Waals surface area contributed by atoms with E-state index in [0.717, 1.165) is 0 Å². The van der Waals surface area contributed by atoms with E-state index < -0.39 is 42.5 Å². The summed E-state index contributed by atoms with van der Waals surface area (Å²) < 4.78 is 29.7. The van der Waals surface area contributed by atoms with Crippen LogP contribution in [0.4, 0.5) is 0 Å². The molecule has 11 nitrogen and oxygen atoms in total. The Morgan fingerprint density at radius 1 is 0.717 bits per heavy atom. The summed E-state index contributed by atoms with van der Waals surface area (Å²) in [7, 11) is 0. The number of ether oxygens (including phenoxy) is 5. The second-order valence-corrected chi connectivity index (χ2v) is 10.3. The van der Waals surface area contributed by atoms with Crippen molar-refractivity contribution >= 4 is 41.5 Å². The highest BCUT2D eigenvalue weighted by molar-refractivity contribution is 7.80. The highest BCUT2D eigenvalue weighted by atomic mass is 32.1. The normalized spacial score (nSPS) is 19.0. The summed E-state index contributed by atoms with van der Waals surface area (Å²) in [6.45, 7) is -0.231. The van der Waals surface area contributed by atoms with E-state index in [4.69, 9.17) is 41.6 Å². The molecule has 1 saturated heterocycles. The average Bonchev–Trinajstić information content (AvgIpc) is 3.08. The van der Waals surface area contributed by atoms with E-state index >= 15 is 0 Å². The third kappa shape index (κ3) is 8.52. The number of nitrogens with one attached hydrogen (secondary N) is 1. The number of rotatable bonds is 10. The maximum atomic E-state index is 13.3. The Morgan fingerprint density at radius 3 is 1.70 bits per heavy atom. The fourth-order valence-electron chi connectivity index (χ4n) is 4.46. The zero-order valence-electron chi connectivity index (χ0n) is 24.3. The quantitative estimate of drug-likeness (QED) is 0.0843. The summed E-state index contributed by atoms with van der Waals surface area (Å²) in [4.78, 5) is 39.8. The maximum Gasteiger partial charge on any atom is 0.338 e. The lowest BCUT2D eigenvalue weighted by atomic mass is 10.0. The standard InChI is InChI=1S/C34H29N3O8S/c35-34(46)37-36-20-22-16-18-26(19-17-22)42-33-29(45-32(40)25-14-8-3-9-15-25)28(44-31(39)24-12-6-2-7-13-24)27(21-41-33)43-30(38)23-10-4-1-5-11-23/h1-20,27-29,33H,21H2,(H3,35,37,46)/b36-20+/t27-,28-,29-,33+/m1/s1. The summed E-state index contributed by atoms with van der Waals surface area (Å²) in [5.74, 6) is -1.78. The molecule has 0 spiro atoms. The first-order chi connectivity index (χ1) is 22.4. The summed E-state index contributed by atoms with van der Waals surface area (Å²) in [6.07, 6.45) is -3.59. The lowest BCUT2D eigenvalue weighted by Crippen LogP contribution is -2.59. The van der Waals surface area contributed by atoms with Crippen molar-refractivity contribution in [2.45, 2.75) is 24.6 Å². The minimum absolute atomic E-state index is 0.0250. The number of nitrogens with zero attached hydrogens (tertiary/aromatic N) is 1. The third-order valence-electron chi connectivity index (χ3n) is 6.68. The predicted octanol–water partition coefficient (Wildman–Crippen LogP) is 4.27. The Kier molecular flexibility index (Phi) is 10.7. The minimum atomic E-state index is -1.36. The van der Waals surface area contributed by atoms with Gasteiger partial charge in [-0.3, -0.25) is 5.43 Å². The van der Waals surface area contributed by atoms with Gasteiger partial charge in [-0.2, -0.15) is 5.10 Å². The molecule has 0 bridgehead atoms. The Bertz CT molecular complexity index is 1670. The van der Waals surface area contributed by atoms with Gasteiger partial charge in [0.05, 0.1) is 29.5 Å². The van der Waals surface area contributed by atoms with Crippen molar-refractivity contribution < 1.29 is 38.1 Å². The molecule has 3 N–H and O–H groups in total. The van der Waals surface area contributed by atoms with Gasteiger partial charge in [0.15, 0.2) is 17.3 Å². The Morgan fingerprint density at radius 2 is 1.20 bits per heavy atom. The Hall–Kier alpha value is -5.59. The molecule has 4 aromatic rings. The molecule has 1 heterocycles. The summed E-state index contributed by atoms with van der Waals surface area (Å²) in [5, 5.41) is 3.95. The van der Waals surface area contributed by atoms with E-state index in [1.807, 2.05) is 0 Å². The topological polar surface area (TPSA) is 148 Å². The van der Waals surface area contributed by atoms with Gasteiger partial charge in [-0.15, -0.1) is 0 Å². The van der Waals surface area contributed by atoms with Crippen LogP contribution in [0.3, 0.4) is 0 Å². The first-order valence-electron chi connectivity index (χ1n) is 14.1. The van der Waals surface area contributed by atoms with Crippen LogP contribution in [-0.4, -0.2) is 60.4 Å². The SMILES string of the molecule is NC(=S)N/N=C/c1ccc(O[C@@H]2OC[C@@H](OC(=O)c3ccccc3)[C@@H](OC(=O)c3ccccc3)[C@H]2OC(=O)c2ccccc2)cc1. The van der Waals surface area contributed by atoms with Crippen molar-refractivity contribution in [2.75, 3.05) is 6.61 Å². The van der Waals surface area contributed by atoms with Gasteiger partial charge in [0, 0.05) is 0 Å². The van der Waals surface area contributed by atoms with Crippen molar-refractivity contribution in [3.8, 4) is 5.75 Å². The van der Waals surface area contributed by atoms with E-state index in [2.05, 4.69) is 10.5 Å². The van der Waals surface area contributed by atoms with Gasteiger partial charge < -0.3 is 29.4 Å². The molecular formula is C34H29N3O8S. The van der Waals surface area contributed by atoms with Crippen LogP contribution in [0, 0.1) is 0 Å². The van der Waals surface area contributed by atoms with Crippen LogP contribution in [0.1, 0.15) is 36.6 Å². The minimum Gasteiger partial charge on any atom is -0.461 e. The monoisotopic (exact) mass is 639 g/mol. The first kappa shape index (κ1) is 31.8. The second kappa shape index (κ2) is 15.4. The number of esters is 3. The number of hydrazone groups is 1. The van der Waals surface area contributed by atoms with Crippen molar-refractivity contribution in [3.05, 3.63) is 138 Å². The van der Waals surface area contributed by atoms with Crippen molar-refractivity contribution in [2.24, 2.45) is 10.8 Å². The number of carbonyl (C=O) groups excluding carboxylic acids is 3. The van der Waals surface area contributed by atoms with Crippen LogP contribution in [0.15, 0.2) is 120 Å². The summed E-state index contributed by atoms with van der Waals surface area (Å²) in [5.41, 5.74) is 9.33. The highest BCUT2D eigenvalue weighted by Crippen LogP contribution is 2.29. The molecule has 12 heteroatoms. The molecule has 1 aliphatic rings. The molecular weight excluding hydrogens is 610 g/mol. The van der Waals surface area contributed by atoms with Crippen molar-refractivity contribution in [3.63, 3.8) is 0 Å². The number of hydrogen-bond donors (Lipinski definition) is 2. The van der Waals surface area contributed by atoms with Crippen LogP contribution < -0.4 is 15.9 Å². The summed E-state index contributed by atoms with van der Waals surface area (Å²) >= 11 is 4.74. The number of thiocarbonyl (C=S) groups is 1. The largest absolute Gasteiger partial charge is 0.461 e. The van der Waals surface area contributed by atoms with Gasteiger partial charge >= 0.3 is 17.9 Å². The molecule has 1 aliphatic heterocycles. The van der Waals surface area contributed by atoms with E-state index in [9.17, 15) is 14.4 Å². The lowest BCUT2D eigenvalue weighted by Gasteiger charge is -2.40. The molecule has 0 amide bonds. The Labute approximate surface area is 269 Å². The average molecular weight is 640 g/mol. The molecule has 1 fully saturated rings. The summed E-state index contributed by atoms with van der Waals surface area (Å²) in [6, 6.07) is 31.6. The first-order valence-corrected chi connectivity index (χ1v) is 14.5. The van der Waals surface area contributed by atoms with E-state index in [1.165, 1.54) is 6.21 Å². The molecule has 0 saturated carbocycles. The number of carbonyl (C=O) groups is 3. The molecule has 5 rings (SSSR count). The van der Waals surface area contributed by atoms with Crippen LogP contribution >= 0.6 is 12.2 Å². The van der Waals surface area contributed by atoms with Gasteiger partial charge in [0.2, 0.25) is 12.4 Å².